The molecular weight excluding hydrogens is 190 g/mol. The molecule has 15 heavy (non-hydrogen) atoms. The minimum atomic E-state index is -0.368. The van der Waals surface area contributed by atoms with Gasteiger partial charge in [-0.2, -0.15) is 0 Å². The SMILES string of the molecule is NC1(CCN2CCOCC2)C=CC=CN1. The lowest BCUT2D eigenvalue weighted by atomic mass is 10.0. The normalized spacial score (nSPS) is 31.5. The third-order valence-corrected chi connectivity index (χ3v) is 2.90. The lowest BCUT2D eigenvalue weighted by Crippen LogP contribution is -2.52. The molecule has 0 amide bonds. The Morgan fingerprint density at radius 2 is 2.13 bits per heavy atom. The molecule has 0 aromatic rings. The Balaban J connectivity index is 1.76. The van der Waals surface area contributed by atoms with Crippen LogP contribution >= 0.6 is 0 Å². The molecule has 0 aromatic carbocycles. The monoisotopic (exact) mass is 209 g/mol. The number of allylic oxidation sites excluding steroid dienone is 2. The first-order valence-corrected chi connectivity index (χ1v) is 5.50. The number of dihydropyridines is 1. The summed E-state index contributed by atoms with van der Waals surface area (Å²) in [6.45, 7) is 4.76. The van der Waals surface area contributed by atoms with Crippen LogP contribution in [0, 0.1) is 0 Å². The third kappa shape index (κ3) is 3.06. The summed E-state index contributed by atoms with van der Waals surface area (Å²) in [6, 6.07) is 0. The smallest absolute Gasteiger partial charge is 0.106 e. The van der Waals surface area contributed by atoms with E-state index >= 15 is 0 Å². The second-order valence-electron chi connectivity index (χ2n) is 4.11. The van der Waals surface area contributed by atoms with Gasteiger partial charge in [0.1, 0.15) is 5.66 Å². The Kier molecular flexibility index (Phi) is 3.41. The van der Waals surface area contributed by atoms with Crippen LogP contribution in [0.25, 0.3) is 0 Å². The van der Waals surface area contributed by atoms with Crippen LogP contribution in [0.5, 0.6) is 0 Å². The maximum Gasteiger partial charge on any atom is 0.106 e. The first-order chi connectivity index (χ1) is 7.29. The quantitative estimate of drug-likeness (QED) is 0.689. The number of nitrogens with zero attached hydrogens (tertiary/aromatic N) is 1. The van der Waals surface area contributed by atoms with E-state index in [9.17, 15) is 0 Å². The highest BCUT2D eigenvalue weighted by Gasteiger charge is 2.22. The average molecular weight is 209 g/mol. The van der Waals surface area contributed by atoms with Gasteiger partial charge in [0.15, 0.2) is 0 Å². The van der Waals surface area contributed by atoms with E-state index in [1.165, 1.54) is 0 Å². The molecular formula is C11H19N3O. The van der Waals surface area contributed by atoms with Crippen LogP contribution in [0.4, 0.5) is 0 Å². The Hall–Kier alpha value is -0.840. The molecule has 0 spiro atoms. The highest BCUT2D eigenvalue weighted by atomic mass is 16.5. The van der Waals surface area contributed by atoms with Crippen molar-refractivity contribution in [3.05, 3.63) is 24.4 Å². The molecule has 1 atom stereocenters. The van der Waals surface area contributed by atoms with Crippen molar-refractivity contribution >= 4 is 0 Å². The number of ether oxygens (including phenoxy) is 1. The Labute approximate surface area is 90.8 Å². The highest BCUT2D eigenvalue weighted by Crippen LogP contribution is 2.10. The number of nitrogens with one attached hydrogen (secondary N) is 1. The van der Waals surface area contributed by atoms with Crippen LogP contribution in [0.15, 0.2) is 24.4 Å². The molecule has 0 saturated carbocycles. The minimum absolute atomic E-state index is 0.368. The van der Waals surface area contributed by atoms with Crippen LogP contribution in [0.3, 0.4) is 0 Å². The maximum atomic E-state index is 6.17. The molecule has 0 aromatic heterocycles. The largest absolute Gasteiger partial charge is 0.379 e. The van der Waals surface area contributed by atoms with Crippen LogP contribution in [-0.4, -0.2) is 43.4 Å². The lowest BCUT2D eigenvalue weighted by Gasteiger charge is -2.33. The van der Waals surface area contributed by atoms with Gasteiger partial charge in [0.25, 0.3) is 0 Å². The van der Waals surface area contributed by atoms with Gasteiger partial charge < -0.3 is 15.8 Å². The van der Waals surface area contributed by atoms with E-state index in [1.54, 1.807) is 0 Å². The van der Waals surface area contributed by atoms with Gasteiger partial charge >= 0.3 is 0 Å². The van der Waals surface area contributed by atoms with E-state index in [0.717, 1.165) is 39.3 Å². The molecule has 4 nitrogen and oxygen atoms in total. The predicted octanol–water partition coefficient (Wildman–Crippen LogP) is 0.0368. The number of nitrogens with two attached hydrogens (primary N) is 1. The van der Waals surface area contributed by atoms with Crippen molar-refractivity contribution < 1.29 is 4.74 Å². The van der Waals surface area contributed by atoms with Gasteiger partial charge in [0, 0.05) is 26.1 Å². The summed E-state index contributed by atoms with van der Waals surface area (Å²) in [5, 5.41) is 3.19. The first-order valence-electron chi connectivity index (χ1n) is 5.50. The van der Waals surface area contributed by atoms with Crippen LogP contribution < -0.4 is 11.1 Å². The van der Waals surface area contributed by atoms with Gasteiger partial charge in [-0.25, -0.2) is 0 Å². The van der Waals surface area contributed by atoms with Gasteiger partial charge in [0.05, 0.1) is 13.2 Å². The van der Waals surface area contributed by atoms with Crippen molar-refractivity contribution in [1.29, 1.82) is 0 Å². The van der Waals surface area contributed by atoms with E-state index in [1.807, 2.05) is 24.4 Å². The van der Waals surface area contributed by atoms with E-state index in [0.29, 0.717) is 0 Å². The molecule has 0 radical (unpaired) electrons. The molecule has 4 heteroatoms. The molecule has 1 fully saturated rings. The molecule has 1 saturated heterocycles. The van der Waals surface area contributed by atoms with Crippen LogP contribution in [0.1, 0.15) is 6.42 Å². The summed E-state index contributed by atoms with van der Waals surface area (Å²) in [6.07, 6.45) is 8.80. The number of hydrogen-bond acceptors (Lipinski definition) is 4. The third-order valence-electron chi connectivity index (χ3n) is 2.90. The zero-order valence-corrected chi connectivity index (χ0v) is 8.98. The fourth-order valence-corrected chi connectivity index (χ4v) is 1.86. The van der Waals surface area contributed by atoms with Crippen molar-refractivity contribution in [2.45, 2.75) is 12.1 Å². The molecule has 2 aliphatic rings. The Morgan fingerprint density at radius 1 is 1.33 bits per heavy atom. The summed E-state index contributed by atoms with van der Waals surface area (Å²) in [5.41, 5.74) is 5.80. The summed E-state index contributed by atoms with van der Waals surface area (Å²) in [4.78, 5) is 2.39. The number of rotatable bonds is 3. The Morgan fingerprint density at radius 3 is 2.80 bits per heavy atom. The van der Waals surface area contributed by atoms with E-state index in [2.05, 4.69) is 10.2 Å². The molecule has 84 valence electrons. The second-order valence-corrected chi connectivity index (χ2v) is 4.11. The second kappa shape index (κ2) is 4.79. The first kappa shape index (κ1) is 10.7. The Bertz CT molecular complexity index is 259. The van der Waals surface area contributed by atoms with Crippen molar-refractivity contribution in [3.63, 3.8) is 0 Å². The minimum Gasteiger partial charge on any atom is -0.379 e. The summed E-state index contributed by atoms with van der Waals surface area (Å²) >= 11 is 0. The van der Waals surface area contributed by atoms with E-state index < -0.39 is 0 Å². The summed E-state index contributed by atoms with van der Waals surface area (Å²) < 4.78 is 5.30. The van der Waals surface area contributed by atoms with Gasteiger partial charge in [-0.1, -0.05) is 6.08 Å². The van der Waals surface area contributed by atoms with Gasteiger partial charge in [-0.15, -0.1) is 0 Å². The van der Waals surface area contributed by atoms with Crippen molar-refractivity contribution in [2.24, 2.45) is 5.73 Å². The van der Waals surface area contributed by atoms with Gasteiger partial charge in [0.2, 0.25) is 0 Å². The fourth-order valence-electron chi connectivity index (χ4n) is 1.86. The molecule has 2 aliphatic heterocycles. The summed E-state index contributed by atoms with van der Waals surface area (Å²) in [7, 11) is 0. The van der Waals surface area contributed by atoms with E-state index in [-0.39, 0.29) is 5.66 Å². The summed E-state index contributed by atoms with van der Waals surface area (Å²) in [5.74, 6) is 0. The molecule has 2 rings (SSSR count). The standard InChI is InChI=1S/C11H19N3O/c12-11(3-1-2-5-13-11)4-6-14-7-9-15-10-8-14/h1-3,5,13H,4,6-10,12H2. The zero-order chi connectivity index (χ0) is 10.6. The highest BCUT2D eigenvalue weighted by molar-refractivity contribution is 5.17. The molecule has 1 unspecified atom stereocenters. The number of morpholine rings is 1. The van der Waals surface area contributed by atoms with Crippen molar-refractivity contribution in [1.82, 2.24) is 10.2 Å². The predicted molar refractivity (Wildman–Crippen MR) is 60.2 cm³/mol. The van der Waals surface area contributed by atoms with Crippen LogP contribution in [0.2, 0.25) is 0 Å². The van der Waals surface area contributed by atoms with Gasteiger partial charge in [-0.05, 0) is 18.4 Å². The topological polar surface area (TPSA) is 50.5 Å². The average Bonchev–Trinajstić information content (AvgIpc) is 2.29. The fraction of sp³-hybridized carbons (Fsp3) is 0.636. The van der Waals surface area contributed by atoms with Gasteiger partial charge in [-0.3, -0.25) is 4.90 Å². The number of hydrogen-bond donors (Lipinski definition) is 2. The molecule has 2 heterocycles. The van der Waals surface area contributed by atoms with Crippen molar-refractivity contribution in [2.75, 3.05) is 32.8 Å². The maximum absolute atomic E-state index is 6.17. The van der Waals surface area contributed by atoms with Crippen molar-refractivity contribution in [3.8, 4) is 0 Å². The van der Waals surface area contributed by atoms with E-state index in [4.69, 9.17) is 10.5 Å². The lowest BCUT2D eigenvalue weighted by molar-refractivity contribution is 0.0350. The molecule has 0 bridgehead atoms. The zero-order valence-electron chi connectivity index (χ0n) is 8.98. The molecule has 0 aliphatic carbocycles. The van der Waals surface area contributed by atoms with Crippen LogP contribution in [-0.2, 0) is 4.74 Å². The molecule has 3 N–H and O–H groups in total.